The summed E-state index contributed by atoms with van der Waals surface area (Å²) in [7, 11) is 0. The number of ether oxygens (including phenoxy) is 1. The third kappa shape index (κ3) is 5.36. The summed E-state index contributed by atoms with van der Waals surface area (Å²) in [6.45, 7) is 18.1. The molecule has 186 valence electrons. The van der Waals surface area contributed by atoms with Crippen LogP contribution >= 0.6 is 0 Å². The molecule has 1 N–H and O–H groups in total. The largest absolute Gasteiger partial charge is 0.479 e. The second kappa shape index (κ2) is 9.99. The number of carboxylic acids is 1. The van der Waals surface area contributed by atoms with Crippen LogP contribution in [0, 0.1) is 37.0 Å². The van der Waals surface area contributed by atoms with Crippen LogP contribution in [0.5, 0.6) is 0 Å². The van der Waals surface area contributed by atoms with Crippen molar-refractivity contribution < 1.29 is 14.6 Å². The monoisotopic (exact) mass is 473 g/mol. The van der Waals surface area contributed by atoms with Gasteiger partial charge in [-0.05, 0) is 106 Å². The maximum Gasteiger partial charge on any atom is 0.337 e. The Morgan fingerprint density at radius 1 is 1.11 bits per heavy atom. The topological polar surface area (TPSA) is 70.3 Å². The van der Waals surface area contributed by atoms with Gasteiger partial charge in [0, 0.05) is 11.5 Å². The van der Waals surface area contributed by atoms with Crippen LogP contribution in [0.4, 0.5) is 0 Å². The summed E-state index contributed by atoms with van der Waals surface area (Å²) in [6.07, 6.45) is 3.96. The van der Waals surface area contributed by atoms with Crippen LogP contribution in [0.1, 0.15) is 77.5 Å². The average Bonchev–Trinajstić information content (AvgIpc) is 2.76. The fourth-order valence-corrected chi connectivity index (χ4v) is 5.35. The van der Waals surface area contributed by atoms with Crippen LogP contribution in [0.3, 0.4) is 0 Å². The molecule has 3 rings (SSSR count). The highest BCUT2D eigenvalue weighted by atomic mass is 16.5. The van der Waals surface area contributed by atoms with E-state index in [-0.39, 0.29) is 11.8 Å². The van der Waals surface area contributed by atoms with Gasteiger partial charge in [0.25, 0.3) is 0 Å². The Hall–Kier alpha value is -2.90. The van der Waals surface area contributed by atoms with Crippen LogP contribution in [-0.4, -0.2) is 22.8 Å². The van der Waals surface area contributed by atoms with E-state index in [0.29, 0.717) is 17.1 Å². The molecule has 0 radical (unpaired) electrons. The number of rotatable bonds is 5. The van der Waals surface area contributed by atoms with Gasteiger partial charge in [0.15, 0.2) is 6.10 Å². The maximum absolute atomic E-state index is 12.6. The molecule has 0 fully saturated rings. The Balaban J connectivity index is 2.34. The van der Waals surface area contributed by atoms with Gasteiger partial charge in [0.05, 0.1) is 11.7 Å². The summed E-state index contributed by atoms with van der Waals surface area (Å²) in [5, 5.41) is 20.7. The molecule has 1 aromatic rings. The van der Waals surface area contributed by atoms with Crippen LogP contribution in [0.25, 0.3) is 0 Å². The van der Waals surface area contributed by atoms with Crippen LogP contribution < -0.4 is 0 Å². The molecule has 0 amide bonds. The third-order valence-corrected chi connectivity index (χ3v) is 7.53. The highest BCUT2D eigenvalue weighted by molar-refractivity contribution is 5.80. The first kappa shape index (κ1) is 26.7. The molecule has 0 aliphatic heterocycles. The first-order valence-corrected chi connectivity index (χ1v) is 12.5. The lowest BCUT2D eigenvalue weighted by molar-refractivity contribution is -0.155. The molecule has 0 spiro atoms. The first-order valence-electron chi connectivity index (χ1n) is 12.5. The van der Waals surface area contributed by atoms with E-state index in [1.54, 1.807) is 0 Å². The molecular formula is C31H39NO3. The van der Waals surface area contributed by atoms with Gasteiger partial charge in [-0.15, -0.1) is 0 Å². The van der Waals surface area contributed by atoms with Gasteiger partial charge in [-0.2, -0.15) is 5.26 Å². The number of nitrogens with zero attached hydrogens (tertiary/aromatic N) is 1. The second-order valence-electron chi connectivity index (χ2n) is 11.2. The minimum absolute atomic E-state index is 0.0823. The molecule has 2 aliphatic rings. The Morgan fingerprint density at radius 3 is 2.29 bits per heavy atom. The standard InChI is InChI=1S/C31H39NO3/c1-17-10-12-23(14-19(17)3)26-22(6)27(24-13-11-18(2)20(4)15-24)28(21(5)25(26)16-32)29(30(33)34)35-31(7,8)9/h10-14,20,22,26,29H,15H2,1-9H3,(H,33,34). The van der Waals surface area contributed by atoms with Crippen molar-refractivity contribution in [3.8, 4) is 6.07 Å². The predicted octanol–water partition coefficient (Wildman–Crippen LogP) is 7.35. The number of hydrogen-bond donors (Lipinski definition) is 1. The predicted molar refractivity (Wildman–Crippen MR) is 141 cm³/mol. The van der Waals surface area contributed by atoms with E-state index < -0.39 is 17.7 Å². The minimum Gasteiger partial charge on any atom is -0.479 e. The van der Waals surface area contributed by atoms with Crippen molar-refractivity contribution in [1.82, 2.24) is 0 Å². The Morgan fingerprint density at radius 2 is 1.77 bits per heavy atom. The lowest BCUT2D eigenvalue weighted by Gasteiger charge is -2.39. The number of hydrogen-bond acceptors (Lipinski definition) is 3. The van der Waals surface area contributed by atoms with Crippen molar-refractivity contribution in [3.05, 3.63) is 80.5 Å². The minimum atomic E-state index is -1.15. The van der Waals surface area contributed by atoms with Crippen LogP contribution in [0.15, 0.2) is 63.8 Å². The molecule has 0 saturated heterocycles. The second-order valence-corrected chi connectivity index (χ2v) is 11.2. The summed E-state index contributed by atoms with van der Waals surface area (Å²) >= 11 is 0. The van der Waals surface area contributed by atoms with Gasteiger partial charge < -0.3 is 9.84 Å². The summed E-state index contributed by atoms with van der Waals surface area (Å²) in [5.41, 5.74) is 8.28. The molecule has 0 aromatic heterocycles. The smallest absolute Gasteiger partial charge is 0.337 e. The Labute approximate surface area is 210 Å². The van der Waals surface area contributed by atoms with Gasteiger partial charge in [-0.1, -0.05) is 49.8 Å². The molecule has 2 aliphatic carbocycles. The maximum atomic E-state index is 12.6. The number of nitriles is 1. The summed E-state index contributed by atoms with van der Waals surface area (Å²) in [6, 6.07) is 8.85. The van der Waals surface area contributed by atoms with E-state index in [1.807, 2.05) is 27.7 Å². The number of allylic oxidation sites excluding steroid dienone is 6. The molecule has 4 unspecified atom stereocenters. The lowest BCUT2D eigenvalue weighted by atomic mass is 9.65. The van der Waals surface area contributed by atoms with E-state index in [4.69, 9.17) is 4.74 Å². The molecule has 4 nitrogen and oxygen atoms in total. The van der Waals surface area contributed by atoms with E-state index >= 15 is 0 Å². The molecule has 0 saturated carbocycles. The zero-order valence-corrected chi connectivity index (χ0v) is 22.6. The van der Waals surface area contributed by atoms with Crippen LogP contribution in [0.2, 0.25) is 0 Å². The van der Waals surface area contributed by atoms with Crippen LogP contribution in [-0.2, 0) is 9.53 Å². The zero-order chi connectivity index (χ0) is 26.2. The van der Waals surface area contributed by atoms with Crippen molar-refractivity contribution in [1.29, 1.82) is 5.26 Å². The summed E-state index contributed by atoms with van der Waals surface area (Å²) in [5.74, 6) is -0.895. The van der Waals surface area contributed by atoms with Gasteiger partial charge in [-0.25, -0.2) is 4.79 Å². The Bertz CT molecular complexity index is 1200. The molecule has 1 aromatic carbocycles. The SMILES string of the molecule is CC1=CC=C(C2=C(C(OC(C)(C)C)C(=O)O)C(C)=C(C#N)C(c3ccc(C)c(C)c3)C2C)CC1C. The molecule has 0 heterocycles. The van der Waals surface area contributed by atoms with Gasteiger partial charge in [0.2, 0.25) is 0 Å². The molecule has 4 atom stereocenters. The average molecular weight is 474 g/mol. The summed E-state index contributed by atoms with van der Waals surface area (Å²) in [4.78, 5) is 12.6. The molecular weight excluding hydrogens is 434 g/mol. The lowest BCUT2D eigenvalue weighted by Crippen LogP contribution is -2.38. The highest BCUT2D eigenvalue weighted by Gasteiger charge is 2.42. The highest BCUT2D eigenvalue weighted by Crippen LogP contribution is 2.50. The zero-order valence-electron chi connectivity index (χ0n) is 22.6. The number of aryl methyl sites for hydroxylation is 2. The van der Waals surface area contributed by atoms with Gasteiger partial charge in [-0.3, -0.25) is 0 Å². The number of carbonyl (C=O) groups is 1. The normalized spacial score (nSPS) is 24.1. The summed E-state index contributed by atoms with van der Waals surface area (Å²) < 4.78 is 6.15. The third-order valence-electron chi connectivity index (χ3n) is 7.53. The van der Waals surface area contributed by atoms with Crippen molar-refractivity contribution in [2.24, 2.45) is 11.8 Å². The van der Waals surface area contributed by atoms with Crippen molar-refractivity contribution >= 4 is 5.97 Å². The van der Waals surface area contributed by atoms with Crippen molar-refractivity contribution in [2.75, 3.05) is 0 Å². The molecule has 4 heteroatoms. The van der Waals surface area contributed by atoms with Crippen molar-refractivity contribution in [3.63, 3.8) is 0 Å². The quantitative estimate of drug-likeness (QED) is 0.485. The van der Waals surface area contributed by atoms with E-state index in [1.165, 1.54) is 16.7 Å². The molecule has 0 bridgehead atoms. The van der Waals surface area contributed by atoms with E-state index in [2.05, 4.69) is 71.0 Å². The van der Waals surface area contributed by atoms with E-state index in [0.717, 1.165) is 28.7 Å². The fourth-order valence-electron chi connectivity index (χ4n) is 5.35. The number of benzene rings is 1. The fraction of sp³-hybridized carbons (Fsp3) is 0.484. The first-order chi connectivity index (χ1) is 16.3. The number of carboxylic acid groups (broad SMARTS) is 1. The Kier molecular flexibility index (Phi) is 7.62. The number of aliphatic carboxylic acids is 1. The van der Waals surface area contributed by atoms with Gasteiger partial charge >= 0.3 is 5.97 Å². The van der Waals surface area contributed by atoms with Crippen molar-refractivity contribution in [2.45, 2.75) is 86.4 Å². The van der Waals surface area contributed by atoms with Gasteiger partial charge in [0.1, 0.15) is 0 Å². The molecule has 35 heavy (non-hydrogen) atoms. The van der Waals surface area contributed by atoms with E-state index in [9.17, 15) is 15.2 Å².